The van der Waals surface area contributed by atoms with Crippen LogP contribution in [0.2, 0.25) is 0 Å². The number of oxazole rings is 1. The molecule has 2 aliphatic heterocycles. The first-order valence-electron chi connectivity index (χ1n) is 18.8. The van der Waals surface area contributed by atoms with Gasteiger partial charge in [0, 0.05) is 14.6 Å². The standard InChI is InChI=1S/C38H60N2O6.H2/c1-7-42-33(35(4,5)41)27-10-8-25-28(45-27)20-26-24-9-11-29-34(2,3)30(12-13-38(29)23-37(24,38)15-14-36(25,26)6)46-32-22-40(17-19-44-32)21-31-39-16-18-43-31;/h16,18,24-30,32-33,41H,7-15,17,19-23H2,1-6H3;1H/t24?,25?,26?,27?,28?,29?,30-,32?,33-,36?,37-,38+;/m0./s1. The minimum atomic E-state index is -0.902. The van der Waals surface area contributed by atoms with Gasteiger partial charge in [0.2, 0.25) is 5.89 Å². The number of aromatic nitrogens is 1. The minimum absolute atomic E-state index is 0. The summed E-state index contributed by atoms with van der Waals surface area (Å²) in [6.07, 6.45) is 16.2. The smallest absolute Gasteiger partial charge is 0.208 e. The van der Waals surface area contributed by atoms with Gasteiger partial charge in [-0.1, -0.05) is 20.8 Å². The Kier molecular flexibility index (Phi) is 7.87. The summed E-state index contributed by atoms with van der Waals surface area (Å²) in [6, 6.07) is 0. The molecule has 8 unspecified atom stereocenters. The van der Waals surface area contributed by atoms with Crippen LogP contribution in [0.5, 0.6) is 0 Å². The first-order valence-corrected chi connectivity index (χ1v) is 18.8. The maximum Gasteiger partial charge on any atom is 0.208 e. The van der Waals surface area contributed by atoms with Crippen molar-refractivity contribution in [2.24, 2.45) is 45.3 Å². The van der Waals surface area contributed by atoms with E-state index in [1.54, 1.807) is 12.5 Å². The molecule has 8 rings (SSSR count). The third kappa shape index (κ3) is 4.85. The van der Waals surface area contributed by atoms with Crippen molar-refractivity contribution in [1.29, 1.82) is 0 Å². The molecule has 46 heavy (non-hydrogen) atoms. The zero-order chi connectivity index (χ0) is 32.1. The normalized spacial score (nSPS) is 47.2. The highest BCUT2D eigenvalue weighted by atomic mass is 16.7. The summed E-state index contributed by atoms with van der Waals surface area (Å²) in [5.74, 6) is 3.70. The van der Waals surface area contributed by atoms with E-state index >= 15 is 0 Å². The fourth-order valence-electron chi connectivity index (χ4n) is 13.3. The van der Waals surface area contributed by atoms with E-state index in [1.807, 2.05) is 20.8 Å². The van der Waals surface area contributed by atoms with Crippen molar-refractivity contribution in [2.75, 3.05) is 26.3 Å². The van der Waals surface area contributed by atoms with Gasteiger partial charge in [0.05, 0.1) is 49.8 Å². The molecule has 7 fully saturated rings. The summed E-state index contributed by atoms with van der Waals surface area (Å²) in [5, 5.41) is 10.9. The maximum absolute atomic E-state index is 10.9. The van der Waals surface area contributed by atoms with Crippen molar-refractivity contribution in [1.82, 2.24) is 9.88 Å². The molecule has 1 N–H and O–H groups in total. The predicted molar refractivity (Wildman–Crippen MR) is 176 cm³/mol. The lowest BCUT2D eigenvalue weighted by Gasteiger charge is -2.60. The molecule has 5 aliphatic carbocycles. The van der Waals surface area contributed by atoms with Gasteiger partial charge in [-0.2, -0.15) is 0 Å². The van der Waals surface area contributed by atoms with Gasteiger partial charge in [0.15, 0.2) is 6.29 Å². The Morgan fingerprint density at radius 2 is 1.89 bits per heavy atom. The van der Waals surface area contributed by atoms with E-state index < -0.39 is 5.60 Å². The van der Waals surface area contributed by atoms with Crippen molar-refractivity contribution in [2.45, 2.75) is 149 Å². The van der Waals surface area contributed by atoms with Gasteiger partial charge in [0.1, 0.15) is 12.4 Å². The van der Waals surface area contributed by atoms with Crippen LogP contribution in [0.3, 0.4) is 0 Å². The van der Waals surface area contributed by atoms with Crippen molar-refractivity contribution in [3.05, 3.63) is 18.4 Å². The van der Waals surface area contributed by atoms with Gasteiger partial charge in [-0.15, -0.1) is 0 Å². The van der Waals surface area contributed by atoms with Crippen molar-refractivity contribution >= 4 is 0 Å². The van der Waals surface area contributed by atoms with E-state index in [1.165, 1.54) is 51.4 Å². The van der Waals surface area contributed by atoms with Gasteiger partial charge in [-0.3, -0.25) is 4.90 Å². The van der Waals surface area contributed by atoms with E-state index in [9.17, 15) is 5.11 Å². The highest BCUT2D eigenvalue weighted by Gasteiger charge is 2.80. The third-order valence-corrected chi connectivity index (χ3v) is 15.2. The lowest BCUT2D eigenvalue weighted by Crippen LogP contribution is -2.56. The molecule has 5 saturated carbocycles. The Bertz CT molecular complexity index is 1260. The van der Waals surface area contributed by atoms with Crippen molar-refractivity contribution in [3.8, 4) is 0 Å². The molecule has 8 heteroatoms. The number of morpholine rings is 1. The van der Waals surface area contributed by atoms with Crippen LogP contribution in [-0.2, 0) is 25.5 Å². The molecule has 7 aliphatic rings. The summed E-state index contributed by atoms with van der Waals surface area (Å²) < 4.78 is 31.7. The zero-order valence-electron chi connectivity index (χ0n) is 29.3. The Hall–Kier alpha value is -1.03. The number of aliphatic hydroxyl groups is 1. The van der Waals surface area contributed by atoms with Gasteiger partial charge in [-0.25, -0.2) is 4.98 Å². The summed E-state index contributed by atoms with van der Waals surface area (Å²) >= 11 is 0. The van der Waals surface area contributed by atoms with E-state index in [0.717, 1.165) is 49.6 Å². The summed E-state index contributed by atoms with van der Waals surface area (Å²) in [5.41, 5.74) is 0.616. The maximum atomic E-state index is 10.9. The first kappa shape index (κ1) is 32.2. The van der Waals surface area contributed by atoms with E-state index in [2.05, 4.69) is 30.7 Å². The van der Waals surface area contributed by atoms with Gasteiger partial charge in [-0.05, 0) is 130 Å². The van der Waals surface area contributed by atoms with Gasteiger partial charge in [0.25, 0.3) is 0 Å². The molecule has 8 nitrogen and oxygen atoms in total. The molecule has 3 heterocycles. The van der Waals surface area contributed by atoms with Crippen molar-refractivity contribution in [3.63, 3.8) is 0 Å². The topological polar surface area (TPSA) is 86.4 Å². The number of ether oxygens (including phenoxy) is 4. The quantitative estimate of drug-likeness (QED) is 0.330. The number of hydrogen-bond donors (Lipinski definition) is 1. The van der Waals surface area contributed by atoms with E-state index in [4.69, 9.17) is 23.4 Å². The largest absolute Gasteiger partial charge is 0.448 e. The second-order valence-electron chi connectivity index (χ2n) is 17.9. The van der Waals surface area contributed by atoms with Crippen molar-refractivity contribution < 1.29 is 29.9 Å². The van der Waals surface area contributed by atoms with Crippen LogP contribution >= 0.6 is 0 Å². The average molecular weight is 643 g/mol. The van der Waals surface area contributed by atoms with Crippen LogP contribution in [0.1, 0.15) is 113 Å². The second kappa shape index (κ2) is 11.2. The summed E-state index contributed by atoms with van der Waals surface area (Å²) in [7, 11) is 0. The van der Waals surface area contributed by atoms with Crippen LogP contribution in [0.25, 0.3) is 0 Å². The lowest BCUT2D eigenvalue weighted by atomic mass is 9.46. The summed E-state index contributed by atoms with van der Waals surface area (Å²) in [4.78, 5) is 6.68. The molecule has 0 aromatic carbocycles. The molecule has 260 valence electrons. The fourth-order valence-corrected chi connectivity index (χ4v) is 13.3. The third-order valence-electron chi connectivity index (χ3n) is 15.2. The fraction of sp³-hybridized carbons (Fsp3) is 0.921. The molecule has 0 amide bonds. The molecule has 12 atom stereocenters. The van der Waals surface area contributed by atoms with E-state index in [-0.39, 0.29) is 31.4 Å². The van der Waals surface area contributed by atoms with Crippen LogP contribution in [0, 0.1) is 45.3 Å². The first-order chi connectivity index (χ1) is 21.9. The molecular weight excluding hydrogens is 580 g/mol. The molecule has 2 spiro atoms. The van der Waals surface area contributed by atoms with Gasteiger partial charge < -0.3 is 28.5 Å². The average Bonchev–Trinajstić information content (AvgIpc) is 3.23. The highest BCUT2D eigenvalue weighted by Crippen LogP contribution is 2.87. The van der Waals surface area contributed by atoms with Gasteiger partial charge >= 0.3 is 0 Å². The number of fused-ring (bicyclic) bond motifs is 4. The number of hydrogen-bond acceptors (Lipinski definition) is 8. The van der Waals surface area contributed by atoms with E-state index in [0.29, 0.717) is 48.0 Å². The Morgan fingerprint density at radius 3 is 2.65 bits per heavy atom. The molecular formula is C38H62N2O6. The monoisotopic (exact) mass is 642 g/mol. The summed E-state index contributed by atoms with van der Waals surface area (Å²) in [6.45, 7) is 17.1. The minimum Gasteiger partial charge on any atom is -0.448 e. The molecule has 0 radical (unpaired) electrons. The Labute approximate surface area is 278 Å². The zero-order valence-corrected chi connectivity index (χ0v) is 29.3. The lowest BCUT2D eigenvalue weighted by molar-refractivity contribution is -0.246. The molecule has 0 bridgehead atoms. The number of rotatable bonds is 8. The SMILES string of the molecule is CCO[C@@H](C1CCC2C(CC3C4CCC5C(C)(C)[C@@H](OC6CN(Cc7ncco7)CCO6)CC[C@@]56C[C@@]46CCC23C)O1)C(C)(C)O.[HH]. The Balaban J connectivity index is 0.00000351. The predicted octanol–water partition coefficient (Wildman–Crippen LogP) is 6.85. The number of nitrogens with zero attached hydrogens (tertiary/aromatic N) is 2. The Morgan fingerprint density at radius 1 is 1.07 bits per heavy atom. The highest BCUT2D eigenvalue weighted by molar-refractivity contribution is 5.29. The van der Waals surface area contributed by atoms with Crippen LogP contribution in [0.15, 0.2) is 16.9 Å². The molecule has 2 saturated heterocycles. The second-order valence-corrected chi connectivity index (χ2v) is 17.9. The molecule has 1 aromatic heterocycles. The van der Waals surface area contributed by atoms with Crippen LogP contribution in [-0.4, -0.2) is 77.6 Å². The van der Waals surface area contributed by atoms with Crippen LogP contribution in [0.4, 0.5) is 0 Å². The van der Waals surface area contributed by atoms with Crippen LogP contribution < -0.4 is 0 Å². The molecule has 1 aromatic rings.